The predicted molar refractivity (Wildman–Crippen MR) is 92.9 cm³/mol. The van der Waals surface area contributed by atoms with E-state index >= 15 is 0 Å². The quantitative estimate of drug-likeness (QED) is 0.736. The number of alkyl halides is 1. The van der Waals surface area contributed by atoms with Crippen molar-refractivity contribution in [3.05, 3.63) is 22.8 Å². The number of nitrogens with one attached hydrogen (secondary N) is 1. The summed E-state index contributed by atoms with van der Waals surface area (Å²) >= 11 is 5.75. The van der Waals surface area contributed by atoms with Crippen molar-refractivity contribution in [2.75, 3.05) is 31.8 Å². The van der Waals surface area contributed by atoms with Gasteiger partial charge in [0.05, 0.1) is 0 Å². The standard InChI is InChI=1S/C16H25ClN2O3S/c1-23(21,22)15-4-2-14(3-5-15)18-16(20)12-13-6-9-19(10-7-13)11-8-17/h2,4,13H,3,5-12H2,1H3,(H,18,20). The zero-order valence-electron chi connectivity index (χ0n) is 13.6. The number of amides is 1. The topological polar surface area (TPSA) is 66.5 Å². The van der Waals surface area contributed by atoms with Gasteiger partial charge in [-0.3, -0.25) is 4.79 Å². The van der Waals surface area contributed by atoms with Crippen molar-refractivity contribution in [2.45, 2.75) is 32.1 Å². The molecule has 0 aromatic carbocycles. The van der Waals surface area contributed by atoms with Crippen LogP contribution in [-0.2, 0) is 14.6 Å². The molecule has 1 aliphatic carbocycles. The Balaban J connectivity index is 1.78. The average Bonchev–Trinajstić information content (AvgIpc) is 2.49. The van der Waals surface area contributed by atoms with Gasteiger partial charge < -0.3 is 10.2 Å². The zero-order valence-corrected chi connectivity index (χ0v) is 15.1. The van der Waals surface area contributed by atoms with E-state index in [4.69, 9.17) is 11.6 Å². The zero-order chi connectivity index (χ0) is 16.9. The average molecular weight is 361 g/mol. The summed E-state index contributed by atoms with van der Waals surface area (Å²) in [6.07, 6.45) is 8.14. The Hall–Kier alpha value is -0.850. The molecule has 1 aliphatic heterocycles. The van der Waals surface area contributed by atoms with E-state index in [-0.39, 0.29) is 5.91 Å². The van der Waals surface area contributed by atoms with E-state index < -0.39 is 9.84 Å². The van der Waals surface area contributed by atoms with Gasteiger partial charge in [-0.25, -0.2) is 8.42 Å². The van der Waals surface area contributed by atoms with Crippen LogP contribution in [0.5, 0.6) is 0 Å². The number of allylic oxidation sites excluding steroid dienone is 4. The number of nitrogens with zero attached hydrogens (tertiary/aromatic N) is 1. The third-order valence-corrected chi connectivity index (χ3v) is 5.93. The molecule has 23 heavy (non-hydrogen) atoms. The number of hydrogen-bond donors (Lipinski definition) is 1. The fraction of sp³-hybridized carbons (Fsp3) is 0.688. The lowest BCUT2D eigenvalue weighted by Crippen LogP contribution is -2.36. The molecule has 130 valence electrons. The van der Waals surface area contributed by atoms with Gasteiger partial charge in [0, 0.05) is 35.7 Å². The lowest BCUT2D eigenvalue weighted by Gasteiger charge is -2.31. The van der Waals surface area contributed by atoms with Crippen LogP contribution in [-0.4, -0.2) is 51.0 Å². The highest BCUT2D eigenvalue weighted by Crippen LogP contribution is 2.23. The van der Waals surface area contributed by atoms with Gasteiger partial charge in [-0.15, -0.1) is 11.6 Å². The van der Waals surface area contributed by atoms with Gasteiger partial charge in [0.15, 0.2) is 9.84 Å². The number of halogens is 1. The molecule has 2 rings (SSSR count). The molecule has 5 nitrogen and oxygen atoms in total. The highest BCUT2D eigenvalue weighted by atomic mass is 35.5. The number of hydrogen-bond acceptors (Lipinski definition) is 4. The molecule has 0 bridgehead atoms. The third kappa shape index (κ3) is 5.94. The molecule has 1 saturated heterocycles. The van der Waals surface area contributed by atoms with Crippen LogP contribution in [0, 0.1) is 5.92 Å². The SMILES string of the molecule is CS(=O)(=O)C1=CC=C(NC(=O)CC2CCN(CCCl)CC2)CC1. The number of likely N-dealkylation sites (tertiary alicyclic amines) is 1. The number of sulfone groups is 1. The van der Waals surface area contributed by atoms with Crippen LogP contribution in [0.4, 0.5) is 0 Å². The van der Waals surface area contributed by atoms with E-state index in [9.17, 15) is 13.2 Å². The van der Waals surface area contributed by atoms with Crippen molar-refractivity contribution in [1.29, 1.82) is 0 Å². The first-order valence-corrected chi connectivity index (χ1v) is 10.5. The number of piperidine rings is 1. The largest absolute Gasteiger partial charge is 0.330 e. The van der Waals surface area contributed by atoms with Gasteiger partial charge in [0.1, 0.15) is 0 Å². The predicted octanol–water partition coefficient (Wildman–Crippen LogP) is 2.05. The molecule has 0 aromatic heterocycles. The summed E-state index contributed by atoms with van der Waals surface area (Å²) in [4.78, 5) is 14.9. The normalized spacial score (nSPS) is 20.8. The first-order valence-electron chi connectivity index (χ1n) is 8.06. The summed E-state index contributed by atoms with van der Waals surface area (Å²) in [5.74, 6) is 1.11. The van der Waals surface area contributed by atoms with Crippen LogP contribution >= 0.6 is 11.6 Å². The fourth-order valence-electron chi connectivity index (χ4n) is 3.06. The van der Waals surface area contributed by atoms with E-state index in [1.54, 1.807) is 12.2 Å². The van der Waals surface area contributed by atoms with Gasteiger partial charge in [0.25, 0.3) is 0 Å². The van der Waals surface area contributed by atoms with Crippen LogP contribution in [0.25, 0.3) is 0 Å². The van der Waals surface area contributed by atoms with E-state index in [1.165, 1.54) is 6.26 Å². The minimum atomic E-state index is -3.12. The summed E-state index contributed by atoms with van der Waals surface area (Å²) in [6.45, 7) is 2.93. The van der Waals surface area contributed by atoms with Gasteiger partial charge in [-0.2, -0.15) is 0 Å². The Kier molecular flexibility index (Phi) is 6.68. The van der Waals surface area contributed by atoms with Crippen LogP contribution in [0.15, 0.2) is 22.8 Å². The summed E-state index contributed by atoms with van der Waals surface area (Å²) < 4.78 is 22.9. The molecule has 0 atom stereocenters. The summed E-state index contributed by atoms with van der Waals surface area (Å²) in [5.41, 5.74) is 0.807. The summed E-state index contributed by atoms with van der Waals surface area (Å²) in [6, 6.07) is 0. The first-order chi connectivity index (χ1) is 10.9. The van der Waals surface area contributed by atoms with Gasteiger partial charge in [-0.05, 0) is 56.8 Å². The van der Waals surface area contributed by atoms with Crippen LogP contribution < -0.4 is 5.32 Å². The van der Waals surface area contributed by atoms with Gasteiger partial charge >= 0.3 is 0 Å². The Bertz CT molecular complexity index is 590. The van der Waals surface area contributed by atoms with Crippen molar-refractivity contribution in [1.82, 2.24) is 10.2 Å². The van der Waals surface area contributed by atoms with Gasteiger partial charge in [0.2, 0.25) is 5.91 Å². The first kappa shape index (κ1) is 18.5. The lowest BCUT2D eigenvalue weighted by atomic mass is 9.93. The molecule has 1 fully saturated rings. The lowest BCUT2D eigenvalue weighted by molar-refractivity contribution is -0.121. The number of carbonyl (C=O) groups excluding carboxylic acids is 1. The van der Waals surface area contributed by atoms with Crippen molar-refractivity contribution >= 4 is 27.3 Å². The highest BCUT2D eigenvalue weighted by Gasteiger charge is 2.22. The maximum absolute atomic E-state index is 12.1. The Morgan fingerprint density at radius 3 is 2.52 bits per heavy atom. The van der Waals surface area contributed by atoms with Crippen LogP contribution in [0.3, 0.4) is 0 Å². The summed E-state index contributed by atoms with van der Waals surface area (Å²) in [5, 5.41) is 2.92. The molecule has 0 aromatic rings. The molecule has 0 spiro atoms. The molecular formula is C16H25ClN2O3S. The van der Waals surface area contributed by atoms with E-state index in [2.05, 4.69) is 10.2 Å². The van der Waals surface area contributed by atoms with E-state index in [0.29, 0.717) is 36.0 Å². The van der Waals surface area contributed by atoms with Crippen molar-refractivity contribution in [3.8, 4) is 0 Å². The fourth-order valence-corrected chi connectivity index (χ4v) is 4.08. The molecule has 1 N–H and O–H groups in total. The van der Waals surface area contributed by atoms with Crippen molar-refractivity contribution < 1.29 is 13.2 Å². The minimum absolute atomic E-state index is 0.0308. The maximum Gasteiger partial charge on any atom is 0.224 e. The second kappa shape index (κ2) is 8.31. The highest BCUT2D eigenvalue weighted by molar-refractivity contribution is 7.94. The molecular weight excluding hydrogens is 336 g/mol. The van der Waals surface area contributed by atoms with Crippen molar-refractivity contribution in [2.24, 2.45) is 5.92 Å². The molecule has 0 unspecified atom stereocenters. The maximum atomic E-state index is 12.1. The van der Waals surface area contributed by atoms with E-state index in [1.807, 2.05) is 0 Å². The molecule has 0 saturated carbocycles. The Morgan fingerprint density at radius 1 is 1.30 bits per heavy atom. The monoisotopic (exact) mass is 360 g/mol. The smallest absolute Gasteiger partial charge is 0.224 e. The van der Waals surface area contributed by atoms with Gasteiger partial charge in [-0.1, -0.05) is 0 Å². The number of carbonyl (C=O) groups is 1. The Labute approximate surface area is 143 Å². The van der Waals surface area contributed by atoms with E-state index in [0.717, 1.165) is 38.2 Å². The summed E-state index contributed by atoms with van der Waals surface area (Å²) in [7, 11) is -3.12. The second-order valence-corrected chi connectivity index (χ2v) is 8.77. The molecule has 2 aliphatic rings. The molecule has 1 heterocycles. The molecule has 7 heteroatoms. The minimum Gasteiger partial charge on any atom is -0.330 e. The second-order valence-electron chi connectivity index (χ2n) is 6.32. The number of rotatable bonds is 6. The molecule has 1 amide bonds. The third-order valence-electron chi connectivity index (χ3n) is 4.47. The van der Waals surface area contributed by atoms with Crippen LogP contribution in [0.1, 0.15) is 32.1 Å². The van der Waals surface area contributed by atoms with Crippen LogP contribution in [0.2, 0.25) is 0 Å². The Morgan fingerprint density at radius 2 is 2.00 bits per heavy atom. The van der Waals surface area contributed by atoms with Crippen molar-refractivity contribution in [3.63, 3.8) is 0 Å². The molecule has 0 radical (unpaired) electrons.